The van der Waals surface area contributed by atoms with E-state index in [1.807, 2.05) is 0 Å². The molecule has 96 valence electrons. The minimum absolute atomic E-state index is 0.196. The van der Waals surface area contributed by atoms with E-state index in [-0.39, 0.29) is 12.2 Å². The monoisotopic (exact) mass is 260 g/mol. The number of hydrogen-bond donors (Lipinski definition) is 2. The molecule has 2 N–H and O–H groups in total. The van der Waals surface area contributed by atoms with Gasteiger partial charge in [0.1, 0.15) is 12.4 Å². The number of benzene rings is 2. The van der Waals surface area contributed by atoms with Crippen molar-refractivity contribution in [2.24, 2.45) is 0 Å². The second kappa shape index (κ2) is 4.44. The van der Waals surface area contributed by atoms with Crippen molar-refractivity contribution < 1.29 is 13.9 Å². The molecule has 0 saturated carbocycles. The molecular formula is C14H10F2N2O. The summed E-state index contributed by atoms with van der Waals surface area (Å²) in [5.41, 5.74) is 2.09. The highest BCUT2D eigenvalue weighted by molar-refractivity contribution is 5.82. The van der Waals surface area contributed by atoms with Gasteiger partial charge in [-0.05, 0) is 23.8 Å². The first-order valence-electron chi connectivity index (χ1n) is 5.73. The minimum atomic E-state index is -0.877. The molecule has 0 aliphatic carbocycles. The fraction of sp³-hybridized carbons (Fsp3) is 0.0714. The van der Waals surface area contributed by atoms with E-state index in [4.69, 9.17) is 5.11 Å². The Hall–Kier alpha value is -2.27. The lowest BCUT2D eigenvalue weighted by molar-refractivity contribution is 0.273. The number of nitrogens with one attached hydrogen (secondary N) is 1. The fourth-order valence-corrected chi connectivity index (χ4v) is 2.03. The van der Waals surface area contributed by atoms with Crippen molar-refractivity contribution in [2.45, 2.75) is 6.61 Å². The number of aliphatic hydroxyl groups is 1. The number of aromatic nitrogens is 2. The number of H-pyrrole nitrogens is 1. The summed E-state index contributed by atoms with van der Waals surface area (Å²) in [7, 11) is 0. The van der Waals surface area contributed by atoms with E-state index in [0.717, 1.165) is 6.07 Å². The Labute approximate surface area is 107 Å². The molecule has 3 aromatic rings. The predicted octanol–water partition coefficient (Wildman–Crippen LogP) is 3.00. The van der Waals surface area contributed by atoms with Crippen molar-refractivity contribution in [3.05, 3.63) is 53.9 Å². The zero-order chi connectivity index (χ0) is 13.4. The maximum atomic E-state index is 13.7. The van der Waals surface area contributed by atoms with Gasteiger partial charge in [-0.2, -0.15) is 0 Å². The van der Waals surface area contributed by atoms with Gasteiger partial charge in [0.2, 0.25) is 0 Å². The van der Waals surface area contributed by atoms with E-state index in [1.54, 1.807) is 18.2 Å². The van der Waals surface area contributed by atoms with Crippen molar-refractivity contribution in [3.8, 4) is 11.1 Å². The van der Waals surface area contributed by atoms with E-state index in [0.29, 0.717) is 22.4 Å². The molecule has 0 amide bonds. The molecule has 2 aromatic carbocycles. The SMILES string of the molecule is OCc1nc2ccc(-c3cccc(F)c3F)cc2[nH]1. The molecule has 5 heteroatoms. The molecule has 0 saturated heterocycles. The first-order chi connectivity index (χ1) is 9.19. The van der Waals surface area contributed by atoms with Crippen LogP contribution in [0.4, 0.5) is 8.78 Å². The van der Waals surface area contributed by atoms with Gasteiger partial charge in [-0.3, -0.25) is 0 Å². The molecule has 3 rings (SSSR count). The highest BCUT2D eigenvalue weighted by Gasteiger charge is 2.11. The Kier molecular flexibility index (Phi) is 2.76. The molecule has 0 unspecified atom stereocenters. The maximum Gasteiger partial charge on any atom is 0.166 e. The predicted molar refractivity (Wildman–Crippen MR) is 67.4 cm³/mol. The highest BCUT2D eigenvalue weighted by atomic mass is 19.2. The summed E-state index contributed by atoms with van der Waals surface area (Å²) >= 11 is 0. The van der Waals surface area contributed by atoms with Crippen LogP contribution in [-0.4, -0.2) is 15.1 Å². The van der Waals surface area contributed by atoms with Gasteiger partial charge in [0.25, 0.3) is 0 Å². The smallest absolute Gasteiger partial charge is 0.166 e. The van der Waals surface area contributed by atoms with Crippen LogP contribution in [0.5, 0.6) is 0 Å². The van der Waals surface area contributed by atoms with Crippen LogP contribution >= 0.6 is 0 Å². The van der Waals surface area contributed by atoms with Crippen molar-refractivity contribution in [1.29, 1.82) is 0 Å². The molecule has 3 nitrogen and oxygen atoms in total. The van der Waals surface area contributed by atoms with Crippen LogP contribution in [0.15, 0.2) is 36.4 Å². The largest absolute Gasteiger partial charge is 0.388 e. The second-order valence-electron chi connectivity index (χ2n) is 4.17. The molecule has 0 bridgehead atoms. The number of nitrogens with zero attached hydrogens (tertiary/aromatic N) is 1. The molecule has 1 heterocycles. The number of fused-ring (bicyclic) bond motifs is 1. The normalized spacial score (nSPS) is 11.1. The number of aliphatic hydroxyl groups excluding tert-OH is 1. The van der Waals surface area contributed by atoms with Crippen molar-refractivity contribution in [1.82, 2.24) is 9.97 Å². The summed E-state index contributed by atoms with van der Waals surface area (Å²) in [6.45, 7) is -0.196. The number of imidazole rings is 1. The number of aromatic amines is 1. The lowest BCUT2D eigenvalue weighted by Gasteiger charge is -2.03. The molecule has 0 aliphatic heterocycles. The van der Waals surface area contributed by atoms with E-state index in [1.165, 1.54) is 12.1 Å². The standard InChI is InChI=1S/C14H10F2N2O/c15-10-3-1-2-9(14(10)16)8-4-5-11-12(6-8)18-13(7-19)17-11/h1-6,19H,7H2,(H,17,18). The van der Waals surface area contributed by atoms with E-state index < -0.39 is 11.6 Å². The van der Waals surface area contributed by atoms with Crippen LogP contribution in [0, 0.1) is 11.6 Å². The summed E-state index contributed by atoms with van der Waals surface area (Å²) in [4.78, 5) is 7.04. The molecule has 0 aliphatic rings. The number of rotatable bonds is 2. The second-order valence-corrected chi connectivity index (χ2v) is 4.17. The lowest BCUT2D eigenvalue weighted by atomic mass is 10.0. The summed E-state index contributed by atoms with van der Waals surface area (Å²) in [5.74, 6) is -1.31. The molecule has 0 spiro atoms. The van der Waals surface area contributed by atoms with Crippen LogP contribution in [-0.2, 0) is 6.61 Å². The first kappa shape index (κ1) is 11.8. The molecular weight excluding hydrogens is 250 g/mol. The minimum Gasteiger partial charge on any atom is -0.388 e. The van der Waals surface area contributed by atoms with Crippen LogP contribution in [0.2, 0.25) is 0 Å². The van der Waals surface area contributed by atoms with E-state index in [9.17, 15) is 8.78 Å². The first-order valence-corrected chi connectivity index (χ1v) is 5.73. The third kappa shape index (κ3) is 1.98. The molecule has 0 atom stereocenters. The summed E-state index contributed by atoms with van der Waals surface area (Å²) < 4.78 is 26.9. The van der Waals surface area contributed by atoms with Crippen molar-refractivity contribution in [2.75, 3.05) is 0 Å². The topological polar surface area (TPSA) is 48.9 Å². The summed E-state index contributed by atoms with van der Waals surface area (Å²) in [6.07, 6.45) is 0. The van der Waals surface area contributed by atoms with Gasteiger partial charge in [-0.15, -0.1) is 0 Å². The Balaban J connectivity index is 2.17. The third-order valence-electron chi connectivity index (χ3n) is 2.94. The maximum absolute atomic E-state index is 13.7. The van der Waals surface area contributed by atoms with Gasteiger partial charge in [0.15, 0.2) is 11.6 Å². The van der Waals surface area contributed by atoms with Crippen molar-refractivity contribution >= 4 is 11.0 Å². The Bertz CT molecular complexity index is 752. The average Bonchev–Trinajstić information content (AvgIpc) is 2.84. The van der Waals surface area contributed by atoms with Crippen LogP contribution in [0.3, 0.4) is 0 Å². The molecule has 19 heavy (non-hydrogen) atoms. The van der Waals surface area contributed by atoms with E-state index in [2.05, 4.69) is 9.97 Å². The van der Waals surface area contributed by atoms with Crippen LogP contribution in [0.25, 0.3) is 22.2 Å². The molecule has 0 fully saturated rings. The Morgan fingerprint density at radius 1 is 1.16 bits per heavy atom. The Morgan fingerprint density at radius 2 is 2.00 bits per heavy atom. The highest BCUT2D eigenvalue weighted by Crippen LogP contribution is 2.27. The van der Waals surface area contributed by atoms with Crippen LogP contribution < -0.4 is 0 Å². The third-order valence-corrected chi connectivity index (χ3v) is 2.94. The van der Waals surface area contributed by atoms with Gasteiger partial charge < -0.3 is 10.1 Å². The average molecular weight is 260 g/mol. The molecule has 1 aromatic heterocycles. The van der Waals surface area contributed by atoms with Crippen LogP contribution in [0.1, 0.15) is 5.82 Å². The van der Waals surface area contributed by atoms with E-state index >= 15 is 0 Å². The fourth-order valence-electron chi connectivity index (χ4n) is 2.03. The molecule has 0 radical (unpaired) electrons. The van der Waals surface area contributed by atoms with Gasteiger partial charge in [-0.1, -0.05) is 18.2 Å². The van der Waals surface area contributed by atoms with Gasteiger partial charge in [-0.25, -0.2) is 13.8 Å². The summed E-state index contributed by atoms with van der Waals surface area (Å²) in [5, 5.41) is 9.00. The number of halogens is 2. The quantitative estimate of drug-likeness (QED) is 0.744. The Morgan fingerprint density at radius 3 is 2.79 bits per heavy atom. The van der Waals surface area contributed by atoms with Gasteiger partial charge in [0.05, 0.1) is 11.0 Å². The van der Waals surface area contributed by atoms with Gasteiger partial charge >= 0.3 is 0 Å². The summed E-state index contributed by atoms with van der Waals surface area (Å²) in [6, 6.07) is 9.11. The zero-order valence-corrected chi connectivity index (χ0v) is 9.82. The zero-order valence-electron chi connectivity index (χ0n) is 9.82. The lowest BCUT2D eigenvalue weighted by Crippen LogP contribution is -1.88. The van der Waals surface area contributed by atoms with Crippen molar-refractivity contribution in [3.63, 3.8) is 0 Å². The van der Waals surface area contributed by atoms with Gasteiger partial charge in [0, 0.05) is 5.56 Å². The number of hydrogen-bond acceptors (Lipinski definition) is 2.